The molecule has 0 bridgehead atoms. The van der Waals surface area contributed by atoms with Gasteiger partial charge in [0.2, 0.25) is 0 Å². The van der Waals surface area contributed by atoms with E-state index >= 15 is 0 Å². The van der Waals surface area contributed by atoms with Crippen LogP contribution in [-0.4, -0.2) is 18.0 Å². The number of hydrogen-bond donors (Lipinski definition) is 1. The fourth-order valence-electron chi connectivity index (χ4n) is 4.34. The topological polar surface area (TPSA) is 46.5 Å². The molecule has 4 rings (SSSR count). The van der Waals surface area contributed by atoms with Crippen LogP contribution in [0, 0.1) is 5.41 Å². The Hall–Kier alpha value is -3.07. The van der Waals surface area contributed by atoms with Gasteiger partial charge in [-0.2, -0.15) is 0 Å². The van der Waals surface area contributed by atoms with Crippen molar-refractivity contribution in [2.45, 2.75) is 47.0 Å². The summed E-state index contributed by atoms with van der Waals surface area (Å²) in [7, 11) is 1.64. The SMILES string of the molecule is COc1cccc(-c2cc3c4c(cc(C(C)(C)C)c(O)c4c2)C=C(C(C)(C)C)C3=O)c1. The van der Waals surface area contributed by atoms with Gasteiger partial charge >= 0.3 is 0 Å². The molecular formula is C28H30O3. The molecular weight excluding hydrogens is 384 g/mol. The zero-order valence-electron chi connectivity index (χ0n) is 19.4. The minimum atomic E-state index is -0.285. The van der Waals surface area contributed by atoms with Crippen molar-refractivity contribution in [3.63, 3.8) is 0 Å². The van der Waals surface area contributed by atoms with E-state index in [0.717, 1.165) is 44.3 Å². The maximum atomic E-state index is 13.6. The Kier molecular flexibility index (Phi) is 4.77. The lowest BCUT2D eigenvalue weighted by molar-refractivity contribution is 0.101. The molecule has 0 amide bonds. The number of Topliss-reactive ketones (excluding diaryl/α,β-unsaturated/α-hetero) is 1. The predicted octanol–water partition coefficient (Wildman–Crippen LogP) is 7.14. The lowest BCUT2D eigenvalue weighted by atomic mass is 9.74. The van der Waals surface area contributed by atoms with Crippen molar-refractivity contribution in [3.8, 4) is 22.6 Å². The fourth-order valence-corrected chi connectivity index (χ4v) is 4.34. The number of methoxy groups -OCH3 is 1. The van der Waals surface area contributed by atoms with E-state index in [1.165, 1.54) is 0 Å². The summed E-state index contributed by atoms with van der Waals surface area (Å²) in [6, 6.07) is 13.8. The van der Waals surface area contributed by atoms with Crippen LogP contribution in [0.5, 0.6) is 11.5 Å². The number of benzene rings is 3. The van der Waals surface area contributed by atoms with Gasteiger partial charge in [-0.1, -0.05) is 53.7 Å². The number of ether oxygens (including phenoxy) is 1. The largest absolute Gasteiger partial charge is 0.507 e. The first-order valence-electron chi connectivity index (χ1n) is 10.7. The van der Waals surface area contributed by atoms with E-state index in [1.807, 2.05) is 48.5 Å². The molecule has 160 valence electrons. The molecule has 0 aromatic heterocycles. The van der Waals surface area contributed by atoms with Gasteiger partial charge in [-0.15, -0.1) is 0 Å². The van der Waals surface area contributed by atoms with Crippen LogP contribution in [0.1, 0.15) is 63.0 Å². The molecule has 0 heterocycles. The molecule has 31 heavy (non-hydrogen) atoms. The normalized spacial score (nSPS) is 14.0. The smallest absolute Gasteiger partial charge is 0.190 e. The fraction of sp³-hybridized carbons (Fsp3) is 0.321. The molecule has 1 N–H and O–H groups in total. The maximum absolute atomic E-state index is 13.6. The molecule has 0 atom stereocenters. The summed E-state index contributed by atoms with van der Waals surface area (Å²) in [5.41, 5.74) is 4.61. The molecule has 1 aliphatic rings. The van der Waals surface area contributed by atoms with Gasteiger partial charge in [0, 0.05) is 27.5 Å². The lowest BCUT2D eigenvalue weighted by Gasteiger charge is -2.29. The Morgan fingerprint density at radius 2 is 1.58 bits per heavy atom. The minimum Gasteiger partial charge on any atom is -0.507 e. The summed E-state index contributed by atoms with van der Waals surface area (Å²) < 4.78 is 5.40. The van der Waals surface area contributed by atoms with Crippen molar-refractivity contribution in [2.24, 2.45) is 5.41 Å². The summed E-state index contributed by atoms with van der Waals surface area (Å²) in [4.78, 5) is 13.6. The molecule has 0 saturated heterocycles. The highest BCUT2D eigenvalue weighted by atomic mass is 16.5. The molecule has 3 heteroatoms. The second kappa shape index (κ2) is 6.98. The number of ketones is 1. The molecule has 1 aliphatic carbocycles. The summed E-state index contributed by atoms with van der Waals surface area (Å²) >= 11 is 0. The van der Waals surface area contributed by atoms with E-state index < -0.39 is 0 Å². The Labute approximate surface area is 184 Å². The Balaban J connectivity index is 2.12. The van der Waals surface area contributed by atoms with Crippen molar-refractivity contribution >= 4 is 22.6 Å². The lowest BCUT2D eigenvalue weighted by Crippen LogP contribution is -2.21. The highest BCUT2D eigenvalue weighted by Crippen LogP contribution is 2.46. The molecule has 3 aromatic rings. The van der Waals surface area contributed by atoms with Gasteiger partial charge < -0.3 is 9.84 Å². The summed E-state index contributed by atoms with van der Waals surface area (Å²) in [6.45, 7) is 12.5. The van der Waals surface area contributed by atoms with Gasteiger partial charge in [0.25, 0.3) is 0 Å². The van der Waals surface area contributed by atoms with Crippen LogP contribution < -0.4 is 4.74 Å². The predicted molar refractivity (Wildman–Crippen MR) is 128 cm³/mol. The number of hydrogen-bond acceptors (Lipinski definition) is 3. The average molecular weight is 415 g/mol. The van der Waals surface area contributed by atoms with Crippen LogP contribution in [0.25, 0.3) is 28.0 Å². The van der Waals surface area contributed by atoms with Crippen LogP contribution >= 0.6 is 0 Å². The van der Waals surface area contributed by atoms with Crippen molar-refractivity contribution in [3.05, 3.63) is 64.7 Å². The third kappa shape index (κ3) is 3.52. The van der Waals surface area contributed by atoms with Crippen molar-refractivity contribution < 1.29 is 14.6 Å². The van der Waals surface area contributed by atoms with Gasteiger partial charge in [-0.25, -0.2) is 0 Å². The minimum absolute atomic E-state index is 0.0256. The molecule has 0 aliphatic heterocycles. The quantitative estimate of drug-likeness (QED) is 0.484. The third-order valence-electron chi connectivity index (χ3n) is 6.05. The van der Waals surface area contributed by atoms with Crippen LogP contribution in [0.3, 0.4) is 0 Å². The zero-order valence-corrected chi connectivity index (χ0v) is 19.4. The number of aromatic hydroxyl groups is 1. The van der Waals surface area contributed by atoms with Crippen LogP contribution in [0.4, 0.5) is 0 Å². The van der Waals surface area contributed by atoms with Gasteiger partial charge in [-0.3, -0.25) is 4.79 Å². The van der Waals surface area contributed by atoms with E-state index in [-0.39, 0.29) is 22.4 Å². The van der Waals surface area contributed by atoms with Gasteiger partial charge in [-0.05, 0) is 63.9 Å². The standard InChI is InChI=1S/C28H30O3/c1-27(2,3)22-14-18-15-23(28(4,5)6)26(30)21-13-17(12-20(24(18)21)25(22)29)16-9-8-10-19(11-16)31-7/h8-15,29H,1-7H3. The monoisotopic (exact) mass is 414 g/mol. The molecule has 0 radical (unpaired) electrons. The number of rotatable bonds is 2. The summed E-state index contributed by atoms with van der Waals surface area (Å²) in [5.74, 6) is 1.02. The average Bonchev–Trinajstić information content (AvgIpc) is 2.70. The second-order valence-electron chi connectivity index (χ2n) is 10.4. The molecule has 3 nitrogen and oxygen atoms in total. The van der Waals surface area contributed by atoms with Crippen LogP contribution in [0.15, 0.2) is 48.0 Å². The highest BCUT2D eigenvalue weighted by molar-refractivity contribution is 6.24. The van der Waals surface area contributed by atoms with E-state index in [2.05, 4.69) is 41.5 Å². The summed E-state index contributed by atoms with van der Waals surface area (Å²) in [5, 5.41) is 12.8. The Morgan fingerprint density at radius 3 is 2.19 bits per heavy atom. The van der Waals surface area contributed by atoms with Crippen LogP contribution in [0.2, 0.25) is 0 Å². The number of carbonyl (C=O) groups excluding carboxylic acids is 1. The number of allylic oxidation sites excluding steroid dienone is 1. The highest BCUT2D eigenvalue weighted by Gasteiger charge is 2.32. The number of carbonyl (C=O) groups is 1. The molecule has 0 spiro atoms. The Morgan fingerprint density at radius 1 is 0.871 bits per heavy atom. The first-order valence-corrected chi connectivity index (χ1v) is 10.7. The van der Waals surface area contributed by atoms with E-state index in [4.69, 9.17) is 4.74 Å². The third-order valence-corrected chi connectivity index (χ3v) is 6.05. The number of phenolic OH excluding ortho intramolecular Hbond substituents is 1. The molecule has 0 saturated carbocycles. The molecule has 0 fully saturated rings. The van der Waals surface area contributed by atoms with Crippen molar-refractivity contribution in [1.29, 1.82) is 0 Å². The van der Waals surface area contributed by atoms with Crippen molar-refractivity contribution in [1.82, 2.24) is 0 Å². The van der Waals surface area contributed by atoms with E-state index in [9.17, 15) is 9.90 Å². The number of phenols is 1. The second-order valence-corrected chi connectivity index (χ2v) is 10.4. The van der Waals surface area contributed by atoms with Crippen molar-refractivity contribution in [2.75, 3.05) is 7.11 Å². The molecule has 3 aromatic carbocycles. The van der Waals surface area contributed by atoms with Gasteiger partial charge in [0.15, 0.2) is 5.78 Å². The van der Waals surface area contributed by atoms with E-state index in [0.29, 0.717) is 5.56 Å². The van der Waals surface area contributed by atoms with E-state index in [1.54, 1.807) is 7.11 Å². The molecule has 0 unspecified atom stereocenters. The zero-order chi connectivity index (χ0) is 22.7. The van der Waals surface area contributed by atoms with Gasteiger partial charge in [0.1, 0.15) is 11.5 Å². The van der Waals surface area contributed by atoms with Gasteiger partial charge in [0.05, 0.1) is 7.11 Å². The first kappa shape index (κ1) is 21.2. The maximum Gasteiger partial charge on any atom is 0.190 e. The van der Waals surface area contributed by atoms with Crippen LogP contribution in [-0.2, 0) is 5.41 Å². The summed E-state index contributed by atoms with van der Waals surface area (Å²) in [6.07, 6.45) is 2.01. The first-order chi connectivity index (χ1) is 14.4. The Bertz CT molecular complexity index is 1250.